The molecule has 0 unspecified atom stereocenters. The van der Waals surface area contributed by atoms with Gasteiger partial charge in [0.15, 0.2) is 0 Å². The van der Waals surface area contributed by atoms with Crippen LogP contribution in [0.1, 0.15) is 39.1 Å². The molecule has 0 spiro atoms. The molecule has 1 aliphatic rings. The Kier molecular flexibility index (Phi) is 8.58. The standard InChI is InChI=1S/C44H31F2N2OP/c45-35-21-25-37(26-22-35)50(38-27-23-36(46)24-28-38)40-18-10-9-17-39(40)43-47-41(31-12-3-1-4-13-31)42(32-14-5-2-6-15-32)48(43)44(49)34-20-19-30-11-7-8-16-33(30)29-34/h1-29,41-42H/t41-,42-/m1/s1. The normalized spacial score (nSPS) is 15.7. The molecule has 0 fully saturated rings. The Morgan fingerprint density at radius 3 is 1.74 bits per heavy atom. The van der Waals surface area contributed by atoms with Gasteiger partial charge >= 0.3 is 0 Å². The van der Waals surface area contributed by atoms with E-state index in [1.54, 1.807) is 24.3 Å². The van der Waals surface area contributed by atoms with E-state index < -0.39 is 20.0 Å². The fraction of sp³-hybridized carbons (Fsp3) is 0.0455. The van der Waals surface area contributed by atoms with Crippen LogP contribution in [0, 0.1) is 11.6 Å². The molecule has 8 rings (SSSR count). The number of amides is 1. The highest BCUT2D eigenvalue weighted by Gasteiger charge is 2.43. The molecule has 6 heteroatoms. The number of aliphatic imine (C=N–C) groups is 1. The van der Waals surface area contributed by atoms with E-state index in [9.17, 15) is 8.78 Å². The van der Waals surface area contributed by atoms with Gasteiger partial charge < -0.3 is 0 Å². The second-order valence-corrected chi connectivity index (χ2v) is 14.4. The van der Waals surface area contributed by atoms with Gasteiger partial charge in [0, 0.05) is 11.1 Å². The van der Waals surface area contributed by atoms with Crippen LogP contribution < -0.4 is 15.9 Å². The first-order chi connectivity index (χ1) is 24.5. The van der Waals surface area contributed by atoms with Gasteiger partial charge in [-0.2, -0.15) is 0 Å². The fourth-order valence-corrected chi connectivity index (χ4v) is 9.17. The van der Waals surface area contributed by atoms with Crippen LogP contribution in [0.3, 0.4) is 0 Å². The summed E-state index contributed by atoms with van der Waals surface area (Å²) in [7, 11) is -1.31. The number of hydrogen-bond donors (Lipinski definition) is 0. The van der Waals surface area contributed by atoms with Crippen molar-refractivity contribution in [3.63, 3.8) is 0 Å². The van der Waals surface area contributed by atoms with Gasteiger partial charge in [-0.3, -0.25) is 14.7 Å². The summed E-state index contributed by atoms with van der Waals surface area (Å²) < 4.78 is 28.5. The van der Waals surface area contributed by atoms with Crippen LogP contribution in [0.15, 0.2) is 181 Å². The molecule has 0 saturated carbocycles. The maximum Gasteiger partial charge on any atom is 0.260 e. The predicted octanol–water partition coefficient (Wildman–Crippen LogP) is 9.26. The van der Waals surface area contributed by atoms with Crippen molar-refractivity contribution in [2.75, 3.05) is 0 Å². The summed E-state index contributed by atoms with van der Waals surface area (Å²) in [5.74, 6) is -0.276. The lowest BCUT2D eigenvalue weighted by molar-refractivity contribution is 0.0805. The van der Waals surface area contributed by atoms with Crippen molar-refractivity contribution >= 4 is 46.4 Å². The molecule has 0 aromatic heterocycles. The first-order valence-corrected chi connectivity index (χ1v) is 17.8. The van der Waals surface area contributed by atoms with E-state index in [2.05, 4.69) is 24.3 Å². The number of carbonyl (C=O) groups excluding carboxylic acids is 1. The van der Waals surface area contributed by atoms with Crippen molar-refractivity contribution in [2.24, 2.45) is 4.99 Å². The van der Waals surface area contributed by atoms with E-state index in [0.29, 0.717) is 11.4 Å². The fourth-order valence-electron chi connectivity index (χ4n) is 6.77. The molecule has 0 aliphatic carbocycles. The zero-order valence-electron chi connectivity index (χ0n) is 26.9. The molecular weight excluding hydrogens is 641 g/mol. The quantitative estimate of drug-likeness (QED) is 0.156. The van der Waals surface area contributed by atoms with Gasteiger partial charge in [-0.25, -0.2) is 8.78 Å². The van der Waals surface area contributed by atoms with Crippen LogP contribution in [-0.2, 0) is 0 Å². The highest BCUT2D eigenvalue weighted by molar-refractivity contribution is 7.80. The first kappa shape index (κ1) is 31.5. The van der Waals surface area contributed by atoms with Crippen molar-refractivity contribution in [3.8, 4) is 0 Å². The number of nitrogens with zero attached hydrogens (tertiary/aromatic N) is 2. The molecular formula is C44H31F2N2OP. The maximum absolute atomic E-state index is 15.1. The molecule has 0 N–H and O–H groups in total. The molecule has 0 bridgehead atoms. The average molecular weight is 673 g/mol. The number of halogens is 2. The van der Waals surface area contributed by atoms with E-state index in [1.807, 2.05) is 108 Å². The highest BCUT2D eigenvalue weighted by Crippen LogP contribution is 2.45. The number of hydrogen-bond acceptors (Lipinski definition) is 2. The van der Waals surface area contributed by atoms with E-state index >= 15 is 4.79 Å². The molecule has 0 saturated heterocycles. The summed E-state index contributed by atoms with van der Waals surface area (Å²) in [6, 6.07) is 54.1. The van der Waals surface area contributed by atoms with Crippen LogP contribution >= 0.6 is 7.92 Å². The Balaban J connectivity index is 1.36. The number of rotatable bonds is 7. The van der Waals surface area contributed by atoms with Crippen LogP contribution in [0.25, 0.3) is 10.8 Å². The molecule has 3 nitrogen and oxygen atoms in total. The Hall–Kier alpha value is -5.77. The number of carbonyl (C=O) groups is 1. The lowest BCUT2D eigenvalue weighted by Gasteiger charge is -2.31. The summed E-state index contributed by atoms with van der Waals surface area (Å²) in [6.45, 7) is 0. The molecule has 2 atom stereocenters. The molecule has 7 aromatic rings. The monoisotopic (exact) mass is 672 g/mol. The van der Waals surface area contributed by atoms with Crippen molar-refractivity contribution in [1.29, 1.82) is 0 Å². The van der Waals surface area contributed by atoms with Crippen molar-refractivity contribution in [1.82, 2.24) is 4.90 Å². The minimum atomic E-state index is -1.31. The minimum absolute atomic E-state index is 0.163. The van der Waals surface area contributed by atoms with Gasteiger partial charge in [-0.05, 0) is 82.1 Å². The van der Waals surface area contributed by atoms with Crippen molar-refractivity contribution < 1.29 is 13.6 Å². The Labute approximate surface area is 290 Å². The van der Waals surface area contributed by atoms with Gasteiger partial charge in [0.1, 0.15) is 23.5 Å². The van der Waals surface area contributed by atoms with Gasteiger partial charge in [0.05, 0.1) is 6.04 Å². The smallest absolute Gasteiger partial charge is 0.260 e. The van der Waals surface area contributed by atoms with Gasteiger partial charge in [-0.1, -0.05) is 140 Å². The van der Waals surface area contributed by atoms with Crippen molar-refractivity contribution in [2.45, 2.75) is 12.1 Å². The zero-order valence-corrected chi connectivity index (χ0v) is 27.8. The Bertz CT molecular complexity index is 2280. The van der Waals surface area contributed by atoms with Crippen LogP contribution in [0.5, 0.6) is 0 Å². The molecule has 7 aromatic carbocycles. The maximum atomic E-state index is 15.1. The molecule has 0 radical (unpaired) electrons. The van der Waals surface area contributed by atoms with Gasteiger partial charge in [0.2, 0.25) is 0 Å². The van der Waals surface area contributed by atoms with E-state index in [0.717, 1.165) is 43.4 Å². The summed E-state index contributed by atoms with van der Waals surface area (Å²) >= 11 is 0. The summed E-state index contributed by atoms with van der Waals surface area (Å²) in [5, 5.41) is 4.74. The lowest BCUT2D eigenvalue weighted by Crippen LogP contribution is -2.40. The third kappa shape index (κ3) is 6.02. The number of fused-ring (bicyclic) bond motifs is 1. The SMILES string of the molecule is O=C(c1ccc2ccccc2c1)N1C(c2ccccc2P(c2ccc(F)cc2)c2ccc(F)cc2)=N[C@H](c2ccccc2)[C@H]1c1ccccc1. The summed E-state index contributed by atoms with van der Waals surface area (Å²) in [4.78, 5) is 22.4. The Morgan fingerprint density at radius 2 is 1.10 bits per heavy atom. The Morgan fingerprint density at radius 1 is 0.560 bits per heavy atom. The summed E-state index contributed by atoms with van der Waals surface area (Å²) in [6.07, 6.45) is 0. The second kappa shape index (κ2) is 13.6. The minimum Gasteiger partial charge on any atom is -0.282 e. The molecule has 242 valence electrons. The third-order valence-electron chi connectivity index (χ3n) is 9.12. The van der Waals surface area contributed by atoms with E-state index in [1.165, 1.54) is 24.3 Å². The molecule has 1 aliphatic heterocycles. The lowest BCUT2D eigenvalue weighted by atomic mass is 9.93. The predicted molar refractivity (Wildman–Crippen MR) is 200 cm³/mol. The first-order valence-electron chi connectivity index (χ1n) is 16.5. The number of amidine groups is 1. The number of benzene rings is 7. The molecule has 1 amide bonds. The van der Waals surface area contributed by atoms with E-state index in [4.69, 9.17) is 4.99 Å². The summed E-state index contributed by atoms with van der Waals surface area (Å²) in [5.41, 5.74) is 3.30. The van der Waals surface area contributed by atoms with E-state index in [-0.39, 0.29) is 17.5 Å². The van der Waals surface area contributed by atoms with Crippen LogP contribution in [0.2, 0.25) is 0 Å². The van der Waals surface area contributed by atoms with Gasteiger partial charge in [-0.15, -0.1) is 0 Å². The topological polar surface area (TPSA) is 32.7 Å². The van der Waals surface area contributed by atoms with Gasteiger partial charge in [0.25, 0.3) is 5.91 Å². The second-order valence-electron chi connectivity index (χ2n) is 12.2. The molecule has 50 heavy (non-hydrogen) atoms. The largest absolute Gasteiger partial charge is 0.282 e. The highest BCUT2D eigenvalue weighted by atomic mass is 31.1. The average Bonchev–Trinajstić information content (AvgIpc) is 3.57. The van der Waals surface area contributed by atoms with Crippen LogP contribution in [0.4, 0.5) is 8.78 Å². The van der Waals surface area contributed by atoms with Crippen molar-refractivity contribution in [3.05, 3.63) is 210 Å². The van der Waals surface area contributed by atoms with Crippen LogP contribution in [-0.4, -0.2) is 16.6 Å². The third-order valence-corrected chi connectivity index (χ3v) is 11.6. The zero-order chi connectivity index (χ0) is 34.0. The molecule has 1 heterocycles.